The largest absolute Gasteiger partial charge is 0.0654 e. The third-order valence-corrected chi connectivity index (χ3v) is 1.88. The maximum absolute atomic E-state index is 2.33. The highest BCUT2D eigenvalue weighted by molar-refractivity contribution is 5.01. The van der Waals surface area contributed by atoms with E-state index in [0.29, 0.717) is 0 Å². The maximum Gasteiger partial charge on any atom is -0.0236 e. The van der Waals surface area contributed by atoms with Gasteiger partial charge in [0, 0.05) is 0 Å². The Bertz CT molecular complexity index is 57.7. The summed E-state index contributed by atoms with van der Waals surface area (Å²) in [5.74, 6) is 2.82. The van der Waals surface area contributed by atoms with Gasteiger partial charge < -0.3 is 0 Å². The smallest absolute Gasteiger partial charge is 0.0236 e. The van der Waals surface area contributed by atoms with Crippen molar-refractivity contribution in [3.05, 3.63) is 5.92 Å². The van der Waals surface area contributed by atoms with E-state index in [-0.39, 0.29) is 0 Å². The van der Waals surface area contributed by atoms with E-state index in [0.717, 1.165) is 5.92 Å². The van der Waals surface area contributed by atoms with E-state index in [1.54, 1.807) is 5.92 Å². The zero-order chi connectivity index (χ0) is 5.98. The molecule has 0 unspecified atom stereocenters. The highest BCUT2D eigenvalue weighted by atomic mass is 14.3. The third-order valence-electron chi connectivity index (χ3n) is 1.88. The van der Waals surface area contributed by atoms with Crippen LogP contribution in [0.15, 0.2) is 0 Å². The van der Waals surface area contributed by atoms with Crippen molar-refractivity contribution in [1.29, 1.82) is 0 Å². The molecule has 1 aliphatic rings. The lowest BCUT2D eigenvalue weighted by Crippen LogP contribution is -2.18. The van der Waals surface area contributed by atoms with Crippen molar-refractivity contribution in [1.82, 2.24) is 0 Å². The summed E-state index contributed by atoms with van der Waals surface area (Å²) >= 11 is 0. The summed E-state index contributed by atoms with van der Waals surface area (Å²) in [5.41, 5.74) is 0. The molecule has 0 amide bonds. The van der Waals surface area contributed by atoms with Crippen LogP contribution in [0, 0.1) is 11.8 Å². The van der Waals surface area contributed by atoms with Crippen LogP contribution in [-0.2, 0) is 0 Å². The average molecular weight is 111 g/mol. The Morgan fingerprint density at radius 2 is 2.12 bits per heavy atom. The van der Waals surface area contributed by atoms with Gasteiger partial charge in [0.05, 0.1) is 0 Å². The van der Waals surface area contributed by atoms with E-state index in [1.807, 2.05) is 0 Å². The Hall–Kier alpha value is 0. The van der Waals surface area contributed by atoms with Crippen molar-refractivity contribution in [3.63, 3.8) is 0 Å². The normalized spacial score (nSPS) is 23.2. The topological polar surface area (TPSA) is 0 Å². The molecule has 0 aromatic heterocycles. The summed E-state index contributed by atoms with van der Waals surface area (Å²) in [5, 5.41) is 0. The fraction of sp³-hybridized carbons (Fsp3) is 0.875. The second-order valence-electron chi connectivity index (χ2n) is 3.01. The second kappa shape index (κ2) is 2.52. The van der Waals surface area contributed by atoms with E-state index in [1.165, 1.54) is 25.7 Å². The maximum atomic E-state index is 2.33. The molecule has 8 heavy (non-hydrogen) atoms. The first-order valence-electron chi connectivity index (χ1n) is 3.66. The van der Waals surface area contributed by atoms with E-state index < -0.39 is 0 Å². The van der Waals surface area contributed by atoms with Gasteiger partial charge in [-0.2, -0.15) is 0 Å². The lowest BCUT2D eigenvalue weighted by atomic mass is 9.74. The molecule has 1 radical (unpaired) electrons. The Balaban J connectivity index is 1.98. The predicted octanol–water partition coefficient (Wildman–Crippen LogP) is 2.79. The Morgan fingerprint density at radius 3 is 2.50 bits per heavy atom. The first kappa shape index (κ1) is 6.12. The highest BCUT2D eigenvalue weighted by Gasteiger charge is 2.24. The van der Waals surface area contributed by atoms with Crippen molar-refractivity contribution < 1.29 is 0 Å². The van der Waals surface area contributed by atoms with Gasteiger partial charge in [-0.25, -0.2) is 0 Å². The van der Waals surface area contributed by atoms with Gasteiger partial charge in [0.1, 0.15) is 0 Å². The molecular weight excluding hydrogens is 96.1 g/mol. The average Bonchev–Trinajstić information content (AvgIpc) is 1.64. The molecule has 0 saturated heterocycles. The molecule has 0 nitrogen and oxygen atoms in total. The monoisotopic (exact) mass is 111 g/mol. The van der Waals surface area contributed by atoms with Gasteiger partial charge in [-0.1, -0.05) is 20.3 Å². The first-order valence-corrected chi connectivity index (χ1v) is 3.66. The minimum atomic E-state index is 1.01. The number of hydrogen-bond donors (Lipinski definition) is 0. The van der Waals surface area contributed by atoms with Crippen LogP contribution >= 0.6 is 0 Å². The van der Waals surface area contributed by atoms with Gasteiger partial charge in [-0.05, 0) is 31.1 Å². The molecule has 0 heteroatoms. The van der Waals surface area contributed by atoms with E-state index in [9.17, 15) is 0 Å². The quantitative estimate of drug-likeness (QED) is 0.514. The lowest BCUT2D eigenvalue weighted by molar-refractivity contribution is 0.363. The molecule has 1 fully saturated rings. The van der Waals surface area contributed by atoms with Crippen molar-refractivity contribution in [2.45, 2.75) is 39.5 Å². The Labute approximate surface area is 52.3 Å². The fourth-order valence-electron chi connectivity index (χ4n) is 1.48. The second-order valence-corrected chi connectivity index (χ2v) is 3.01. The van der Waals surface area contributed by atoms with Crippen molar-refractivity contribution in [2.75, 3.05) is 0 Å². The molecule has 0 aromatic rings. The van der Waals surface area contributed by atoms with Crippen LogP contribution in [0.2, 0.25) is 0 Å². The summed E-state index contributed by atoms with van der Waals surface area (Å²) in [6, 6.07) is 0. The first-order chi connectivity index (χ1) is 3.83. The summed E-state index contributed by atoms with van der Waals surface area (Å²) in [4.78, 5) is 0. The van der Waals surface area contributed by atoms with Gasteiger partial charge >= 0.3 is 0 Å². The molecule has 0 spiro atoms. The van der Waals surface area contributed by atoms with Crippen LogP contribution in [0.1, 0.15) is 39.5 Å². The molecule has 0 bridgehead atoms. The van der Waals surface area contributed by atoms with Crippen LogP contribution in [0.5, 0.6) is 0 Å². The van der Waals surface area contributed by atoms with Crippen molar-refractivity contribution in [2.24, 2.45) is 5.92 Å². The number of rotatable bonds is 2. The molecule has 0 N–H and O–H groups in total. The fourth-order valence-corrected chi connectivity index (χ4v) is 1.48. The standard InChI is InChI=1S/C8H15/c1-3-4-8-5-7(2)6-8/h7H,3-6H2,1-2H3. The van der Waals surface area contributed by atoms with Gasteiger partial charge in [0.25, 0.3) is 0 Å². The summed E-state index contributed by atoms with van der Waals surface area (Å²) in [7, 11) is 0. The number of hydrogen-bond acceptors (Lipinski definition) is 0. The minimum absolute atomic E-state index is 1.01. The van der Waals surface area contributed by atoms with E-state index >= 15 is 0 Å². The van der Waals surface area contributed by atoms with Gasteiger partial charge in [-0.3, -0.25) is 0 Å². The third kappa shape index (κ3) is 1.24. The van der Waals surface area contributed by atoms with Gasteiger partial charge in [-0.15, -0.1) is 0 Å². The molecule has 1 rings (SSSR count). The van der Waals surface area contributed by atoms with Crippen molar-refractivity contribution in [3.8, 4) is 0 Å². The molecule has 1 saturated carbocycles. The van der Waals surface area contributed by atoms with Crippen LogP contribution < -0.4 is 0 Å². The Kier molecular flexibility index (Phi) is 1.93. The SMILES string of the molecule is CCC[C]1CC(C)C1. The predicted molar refractivity (Wildman–Crippen MR) is 36.5 cm³/mol. The molecule has 0 aromatic carbocycles. The summed E-state index contributed by atoms with van der Waals surface area (Å²) in [6.07, 6.45) is 5.59. The molecule has 1 aliphatic carbocycles. The molecule has 0 heterocycles. The zero-order valence-electron chi connectivity index (χ0n) is 5.91. The molecular formula is C8H15. The summed E-state index contributed by atoms with van der Waals surface area (Å²) in [6.45, 7) is 4.59. The van der Waals surface area contributed by atoms with Crippen LogP contribution in [-0.4, -0.2) is 0 Å². The Morgan fingerprint density at radius 1 is 1.50 bits per heavy atom. The van der Waals surface area contributed by atoms with Crippen LogP contribution in [0.3, 0.4) is 0 Å². The van der Waals surface area contributed by atoms with Crippen LogP contribution in [0.4, 0.5) is 0 Å². The molecule has 0 aliphatic heterocycles. The zero-order valence-corrected chi connectivity index (χ0v) is 5.91. The molecule has 0 atom stereocenters. The van der Waals surface area contributed by atoms with Crippen molar-refractivity contribution >= 4 is 0 Å². The van der Waals surface area contributed by atoms with Gasteiger partial charge in [0.2, 0.25) is 0 Å². The van der Waals surface area contributed by atoms with E-state index in [4.69, 9.17) is 0 Å². The van der Waals surface area contributed by atoms with Crippen LogP contribution in [0.25, 0.3) is 0 Å². The summed E-state index contributed by atoms with van der Waals surface area (Å²) < 4.78 is 0. The van der Waals surface area contributed by atoms with Gasteiger partial charge in [0.15, 0.2) is 0 Å². The minimum Gasteiger partial charge on any atom is -0.0654 e. The highest BCUT2D eigenvalue weighted by Crippen LogP contribution is 2.37. The molecule has 47 valence electrons. The van der Waals surface area contributed by atoms with E-state index in [2.05, 4.69) is 13.8 Å². The lowest BCUT2D eigenvalue weighted by Gasteiger charge is -2.31.